The minimum Gasteiger partial charge on any atom is -0.402 e. The molecule has 7 N–H and O–H groups in total. The third-order valence-electron chi connectivity index (χ3n) is 1.95. The van der Waals surface area contributed by atoms with Crippen molar-refractivity contribution in [3.8, 4) is 0 Å². The van der Waals surface area contributed by atoms with E-state index in [2.05, 4.69) is 15.2 Å². The minimum atomic E-state index is -2.17. The fourth-order valence-corrected chi connectivity index (χ4v) is 1.17. The van der Waals surface area contributed by atoms with E-state index in [0.717, 1.165) is 5.69 Å². The number of nitrogens with zero attached hydrogens (tertiary/aromatic N) is 3. The fraction of sp³-hybridized carbons (Fsp3) is 0. The molecule has 2 rings (SSSR count). The van der Waals surface area contributed by atoms with Crippen LogP contribution in [-0.2, 0) is 0 Å². The molecule has 1 aromatic carbocycles. The molecule has 0 fully saturated rings. The first-order valence-corrected chi connectivity index (χ1v) is 5.52. The minimum absolute atomic E-state index is 0. The van der Waals surface area contributed by atoms with E-state index in [1.165, 1.54) is 0 Å². The first-order valence-electron chi connectivity index (χ1n) is 5.52. The standard InChI is InChI=1S/C11H11N5.BH3O3.ClH/c12-10-7-6-9(11(13)14-10)16-15-8-4-2-1-3-5-8;2-1(3)4;/h1-7H,(H4,12,13,14);2-4H;1H. The van der Waals surface area contributed by atoms with Gasteiger partial charge < -0.3 is 26.5 Å². The Morgan fingerprint density at radius 3 is 2.00 bits per heavy atom. The van der Waals surface area contributed by atoms with E-state index in [1.807, 2.05) is 30.3 Å². The Balaban J connectivity index is 0.000000715. The van der Waals surface area contributed by atoms with E-state index in [9.17, 15) is 0 Å². The van der Waals surface area contributed by atoms with Gasteiger partial charge in [0, 0.05) is 0 Å². The van der Waals surface area contributed by atoms with Crippen LogP contribution in [0.2, 0.25) is 0 Å². The Morgan fingerprint density at radius 1 is 0.905 bits per heavy atom. The first kappa shape index (κ1) is 18.8. The van der Waals surface area contributed by atoms with Crippen LogP contribution < -0.4 is 11.5 Å². The largest absolute Gasteiger partial charge is 0.631 e. The fourth-order valence-electron chi connectivity index (χ4n) is 1.17. The monoisotopic (exact) mass is 311 g/mol. The van der Waals surface area contributed by atoms with Crippen LogP contribution in [0, 0.1) is 0 Å². The molecule has 0 aliphatic rings. The lowest BCUT2D eigenvalue weighted by molar-refractivity contribution is 0.278. The summed E-state index contributed by atoms with van der Waals surface area (Å²) in [6.07, 6.45) is 0. The smallest absolute Gasteiger partial charge is 0.402 e. The molecule has 0 unspecified atom stereocenters. The average Bonchev–Trinajstić information content (AvgIpc) is 2.38. The Bertz CT molecular complexity index is 568. The van der Waals surface area contributed by atoms with Crippen molar-refractivity contribution in [2.75, 3.05) is 11.5 Å². The first-order chi connectivity index (χ1) is 9.49. The summed E-state index contributed by atoms with van der Waals surface area (Å²) in [5.74, 6) is 0.649. The second-order valence-corrected chi connectivity index (χ2v) is 3.52. The van der Waals surface area contributed by atoms with Crippen molar-refractivity contribution in [3.05, 3.63) is 42.5 Å². The van der Waals surface area contributed by atoms with Crippen molar-refractivity contribution in [2.24, 2.45) is 10.2 Å². The Kier molecular flexibility index (Phi) is 8.66. The second-order valence-electron chi connectivity index (χ2n) is 3.52. The van der Waals surface area contributed by atoms with E-state index >= 15 is 0 Å². The number of pyridine rings is 1. The molecule has 1 heterocycles. The SMILES string of the molecule is Cl.Nc1ccc(N=Nc2ccccc2)c(N)n1.OB(O)O. The Labute approximate surface area is 127 Å². The summed E-state index contributed by atoms with van der Waals surface area (Å²) < 4.78 is 0. The zero-order valence-electron chi connectivity index (χ0n) is 10.9. The van der Waals surface area contributed by atoms with Crippen LogP contribution in [0.25, 0.3) is 0 Å². The highest BCUT2D eigenvalue weighted by Gasteiger charge is 1.98. The Morgan fingerprint density at radius 2 is 1.48 bits per heavy atom. The van der Waals surface area contributed by atoms with Crippen molar-refractivity contribution in [2.45, 2.75) is 0 Å². The highest BCUT2D eigenvalue weighted by molar-refractivity contribution is 6.30. The molecule has 0 aliphatic heterocycles. The van der Waals surface area contributed by atoms with Gasteiger partial charge in [0.15, 0.2) is 5.82 Å². The molecule has 21 heavy (non-hydrogen) atoms. The van der Waals surface area contributed by atoms with Gasteiger partial charge in [0.1, 0.15) is 11.5 Å². The van der Waals surface area contributed by atoms with E-state index in [4.69, 9.17) is 26.5 Å². The van der Waals surface area contributed by atoms with Crippen LogP contribution in [0.5, 0.6) is 0 Å². The maximum absolute atomic E-state index is 7.17. The summed E-state index contributed by atoms with van der Waals surface area (Å²) in [6, 6.07) is 12.7. The lowest BCUT2D eigenvalue weighted by Gasteiger charge is -1.98. The number of rotatable bonds is 2. The number of hydrogen-bond acceptors (Lipinski definition) is 8. The summed E-state index contributed by atoms with van der Waals surface area (Å²) in [5.41, 5.74) is 12.4. The van der Waals surface area contributed by atoms with Gasteiger partial charge >= 0.3 is 7.32 Å². The third-order valence-corrected chi connectivity index (χ3v) is 1.95. The predicted molar refractivity (Wildman–Crippen MR) is 83.3 cm³/mol. The molecule has 0 amide bonds. The van der Waals surface area contributed by atoms with Crippen molar-refractivity contribution >= 4 is 42.7 Å². The quantitative estimate of drug-likeness (QED) is 0.413. The van der Waals surface area contributed by atoms with E-state index in [1.54, 1.807) is 12.1 Å². The van der Waals surface area contributed by atoms with E-state index in [0.29, 0.717) is 11.5 Å². The lowest BCUT2D eigenvalue weighted by atomic mass is 10.3. The van der Waals surface area contributed by atoms with E-state index in [-0.39, 0.29) is 18.2 Å². The van der Waals surface area contributed by atoms with Crippen molar-refractivity contribution in [3.63, 3.8) is 0 Å². The molecule has 0 saturated carbocycles. The summed E-state index contributed by atoms with van der Waals surface area (Å²) in [5, 5.41) is 29.5. The van der Waals surface area contributed by atoms with Crippen LogP contribution in [-0.4, -0.2) is 27.4 Å². The number of azo groups is 1. The van der Waals surface area contributed by atoms with Crippen molar-refractivity contribution in [1.82, 2.24) is 4.98 Å². The molecule has 0 spiro atoms. The van der Waals surface area contributed by atoms with Crippen LogP contribution in [0.15, 0.2) is 52.7 Å². The maximum atomic E-state index is 7.17. The zero-order chi connectivity index (χ0) is 15.0. The van der Waals surface area contributed by atoms with Gasteiger partial charge in [-0.05, 0) is 24.3 Å². The number of nitrogens with two attached hydrogens (primary N) is 2. The van der Waals surface area contributed by atoms with Crippen LogP contribution in [0.3, 0.4) is 0 Å². The van der Waals surface area contributed by atoms with E-state index < -0.39 is 7.32 Å². The van der Waals surface area contributed by atoms with Gasteiger partial charge in [0.2, 0.25) is 0 Å². The van der Waals surface area contributed by atoms with Gasteiger partial charge in [-0.1, -0.05) is 18.2 Å². The molecule has 2 aromatic rings. The molecule has 0 radical (unpaired) electrons. The molecule has 10 heteroatoms. The molecule has 0 saturated heterocycles. The summed E-state index contributed by atoms with van der Waals surface area (Å²) in [6.45, 7) is 0. The third kappa shape index (κ3) is 7.85. The summed E-state index contributed by atoms with van der Waals surface area (Å²) >= 11 is 0. The number of halogens is 1. The average molecular weight is 312 g/mol. The highest BCUT2D eigenvalue weighted by Crippen LogP contribution is 2.23. The van der Waals surface area contributed by atoms with Gasteiger partial charge in [-0.15, -0.1) is 17.5 Å². The van der Waals surface area contributed by atoms with Crippen LogP contribution >= 0.6 is 12.4 Å². The molecule has 8 nitrogen and oxygen atoms in total. The van der Waals surface area contributed by atoms with Crippen LogP contribution in [0.1, 0.15) is 0 Å². The molecule has 0 aliphatic carbocycles. The molecule has 0 atom stereocenters. The van der Waals surface area contributed by atoms with Gasteiger partial charge in [0.05, 0.1) is 5.69 Å². The van der Waals surface area contributed by atoms with Gasteiger partial charge in [-0.3, -0.25) is 0 Å². The van der Waals surface area contributed by atoms with Crippen LogP contribution in [0.4, 0.5) is 23.0 Å². The summed E-state index contributed by atoms with van der Waals surface area (Å²) in [7, 11) is -2.17. The molecule has 112 valence electrons. The molecule has 1 aromatic heterocycles. The topological polar surface area (TPSA) is 150 Å². The van der Waals surface area contributed by atoms with Crippen molar-refractivity contribution < 1.29 is 15.1 Å². The number of hydrogen-bond donors (Lipinski definition) is 5. The maximum Gasteiger partial charge on any atom is 0.631 e. The lowest BCUT2D eigenvalue weighted by Crippen LogP contribution is -2.07. The number of anilines is 2. The predicted octanol–water partition coefficient (Wildman–Crippen LogP) is 1.03. The van der Waals surface area contributed by atoms with Gasteiger partial charge in [-0.2, -0.15) is 5.11 Å². The Hall–Kier alpha value is -2.20. The highest BCUT2D eigenvalue weighted by atomic mass is 35.5. The number of benzene rings is 1. The van der Waals surface area contributed by atoms with Gasteiger partial charge in [-0.25, -0.2) is 4.98 Å². The van der Waals surface area contributed by atoms with Crippen molar-refractivity contribution in [1.29, 1.82) is 0 Å². The molecule has 0 bridgehead atoms. The molecular weight excluding hydrogens is 296 g/mol. The van der Waals surface area contributed by atoms with Gasteiger partial charge in [0.25, 0.3) is 0 Å². The normalized spacial score (nSPS) is 9.48. The summed E-state index contributed by atoms with van der Waals surface area (Å²) in [4.78, 5) is 3.89. The number of nitrogen functional groups attached to an aromatic ring is 2. The zero-order valence-corrected chi connectivity index (χ0v) is 11.7. The second kappa shape index (κ2) is 9.67. The number of aromatic nitrogens is 1. The molecular formula is C11H15BClN5O3.